The highest BCUT2D eigenvalue weighted by atomic mass is 14.9. The van der Waals surface area contributed by atoms with E-state index in [0.717, 1.165) is 6.54 Å². The van der Waals surface area contributed by atoms with Gasteiger partial charge in [-0.2, -0.15) is 0 Å². The molecule has 16 heavy (non-hydrogen) atoms. The molecule has 1 aromatic carbocycles. The molecule has 1 aliphatic heterocycles. The summed E-state index contributed by atoms with van der Waals surface area (Å²) < 4.78 is 0. The zero-order valence-electron chi connectivity index (χ0n) is 11.9. The molecule has 0 atom stereocenters. The molecule has 0 bridgehead atoms. The average Bonchev–Trinajstić information content (AvgIpc) is 2.83. The minimum atomic E-state index is 0. The maximum absolute atomic E-state index is 3.30. The molecule has 1 aliphatic rings. The molecule has 0 aromatic heterocycles. The van der Waals surface area contributed by atoms with Crippen LogP contribution in [0.3, 0.4) is 0 Å². The predicted octanol–water partition coefficient (Wildman–Crippen LogP) is 5.37. The van der Waals surface area contributed by atoms with Crippen molar-refractivity contribution in [3.63, 3.8) is 0 Å². The van der Waals surface area contributed by atoms with Crippen LogP contribution in [0.15, 0.2) is 24.3 Å². The number of anilines is 1. The SMILES string of the molecule is CC.CC.CCC.[HH].c1ccc2c(c1)CCN2. The van der Waals surface area contributed by atoms with Crippen molar-refractivity contribution in [1.82, 2.24) is 0 Å². The third-order valence-electron chi connectivity index (χ3n) is 1.73. The number of nitrogens with one attached hydrogen (secondary N) is 1. The molecule has 96 valence electrons. The molecule has 0 unspecified atom stereocenters. The first-order valence-electron chi connectivity index (χ1n) is 6.70. The quantitative estimate of drug-likeness (QED) is 0.626. The van der Waals surface area contributed by atoms with Gasteiger partial charge >= 0.3 is 0 Å². The van der Waals surface area contributed by atoms with Gasteiger partial charge in [-0.15, -0.1) is 0 Å². The monoisotopic (exact) mass is 225 g/mol. The highest BCUT2D eigenvalue weighted by molar-refractivity contribution is 5.54. The Kier molecular flexibility index (Phi) is 15.3. The van der Waals surface area contributed by atoms with Gasteiger partial charge in [-0.1, -0.05) is 66.2 Å². The van der Waals surface area contributed by atoms with Crippen molar-refractivity contribution < 1.29 is 1.43 Å². The Balaban J connectivity index is -0.000000214. The molecule has 1 nitrogen and oxygen atoms in total. The number of benzene rings is 1. The highest BCUT2D eigenvalue weighted by Gasteiger charge is 2.05. The van der Waals surface area contributed by atoms with E-state index in [-0.39, 0.29) is 1.43 Å². The van der Waals surface area contributed by atoms with Crippen molar-refractivity contribution in [2.75, 3.05) is 11.9 Å². The maximum atomic E-state index is 3.30. The Labute approximate surface area is 104 Å². The van der Waals surface area contributed by atoms with Gasteiger partial charge < -0.3 is 5.32 Å². The summed E-state index contributed by atoms with van der Waals surface area (Å²) in [6, 6.07) is 8.46. The van der Waals surface area contributed by atoms with Gasteiger partial charge in [0.05, 0.1) is 0 Å². The molecule has 0 saturated carbocycles. The zero-order chi connectivity index (χ0) is 12.8. The summed E-state index contributed by atoms with van der Waals surface area (Å²) in [7, 11) is 0. The van der Waals surface area contributed by atoms with E-state index in [2.05, 4.69) is 43.4 Å². The maximum Gasteiger partial charge on any atom is 0.0373 e. The number of hydrogen-bond donors (Lipinski definition) is 1. The zero-order valence-corrected chi connectivity index (χ0v) is 11.9. The van der Waals surface area contributed by atoms with E-state index in [0.29, 0.717) is 0 Å². The third-order valence-corrected chi connectivity index (χ3v) is 1.73. The second-order valence-electron chi connectivity index (χ2n) is 3.04. The number of rotatable bonds is 0. The first kappa shape index (κ1) is 17.4. The Hall–Kier alpha value is -0.980. The minimum absolute atomic E-state index is 0. The van der Waals surface area contributed by atoms with Crippen LogP contribution in [0.25, 0.3) is 0 Å². The molecule has 1 N–H and O–H groups in total. The van der Waals surface area contributed by atoms with Gasteiger partial charge in [0.1, 0.15) is 0 Å². The van der Waals surface area contributed by atoms with Gasteiger partial charge in [-0.3, -0.25) is 0 Å². The molecular weight excluding hydrogens is 194 g/mol. The molecule has 0 spiro atoms. The van der Waals surface area contributed by atoms with Crippen LogP contribution in [0.1, 0.15) is 55.0 Å². The summed E-state index contributed by atoms with van der Waals surface area (Å²) in [5.41, 5.74) is 2.77. The average molecular weight is 225 g/mol. The summed E-state index contributed by atoms with van der Waals surface area (Å²) in [4.78, 5) is 0. The van der Waals surface area contributed by atoms with Gasteiger partial charge in [0.15, 0.2) is 0 Å². The molecule has 0 aliphatic carbocycles. The lowest BCUT2D eigenvalue weighted by Gasteiger charge is -1.94. The van der Waals surface area contributed by atoms with Crippen LogP contribution in [0.4, 0.5) is 5.69 Å². The number of para-hydroxylation sites is 1. The topological polar surface area (TPSA) is 12.0 Å². The summed E-state index contributed by atoms with van der Waals surface area (Å²) in [6.07, 6.45) is 2.44. The van der Waals surface area contributed by atoms with Crippen molar-refractivity contribution in [3.05, 3.63) is 29.8 Å². The van der Waals surface area contributed by atoms with E-state index >= 15 is 0 Å². The largest absolute Gasteiger partial charge is 0.384 e. The van der Waals surface area contributed by atoms with E-state index in [9.17, 15) is 0 Å². The van der Waals surface area contributed by atoms with E-state index in [4.69, 9.17) is 0 Å². The smallest absolute Gasteiger partial charge is 0.0373 e. The molecule has 0 saturated heterocycles. The minimum Gasteiger partial charge on any atom is -0.384 e. The lowest BCUT2D eigenvalue weighted by Crippen LogP contribution is -1.90. The van der Waals surface area contributed by atoms with Crippen molar-refractivity contribution in [1.29, 1.82) is 0 Å². The fourth-order valence-corrected chi connectivity index (χ4v) is 1.24. The van der Waals surface area contributed by atoms with Crippen LogP contribution in [0, 0.1) is 0 Å². The van der Waals surface area contributed by atoms with Gasteiger partial charge in [-0.25, -0.2) is 0 Å². The first-order valence-corrected chi connectivity index (χ1v) is 6.70. The van der Waals surface area contributed by atoms with Gasteiger partial charge in [0.2, 0.25) is 0 Å². The predicted molar refractivity (Wildman–Crippen MR) is 79.4 cm³/mol. The molecule has 0 radical (unpaired) electrons. The van der Waals surface area contributed by atoms with E-state index in [1.165, 1.54) is 24.1 Å². The molecule has 1 aromatic rings. The van der Waals surface area contributed by atoms with Crippen LogP contribution < -0.4 is 5.32 Å². The van der Waals surface area contributed by atoms with Crippen LogP contribution in [0.5, 0.6) is 0 Å². The Bertz CT molecular complexity index is 213. The van der Waals surface area contributed by atoms with Crippen LogP contribution >= 0.6 is 0 Å². The second kappa shape index (κ2) is 14.0. The number of hydrogen-bond acceptors (Lipinski definition) is 1. The fourth-order valence-electron chi connectivity index (χ4n) is 1.24. The van der Waals surface area contributed by atoms with E-state index in [1.54, 1.807) is 0 Å². The van der Waals surface area contributed by atoms with E-state index in [1.807, 2.05) is 27.7 Å². The standard InChI is InChI=1S/C8H9N.C3H8.2C2H6.H2/c1-2-4-8-7(3-1)5-6-9-8;1-3-2;2*1-2;/h1-4,9H,5-6H2;3H2,1-2H3;2*1-2H3;1H. The van der Waals surface area contributed by atoms with Crippen molar-refractivity contribution in [2.24, 2.45) is 0 Å². The normalized spacial score (nSPS) is 10.1. The highest BCUT2D eigenvalue weighted by Crippen LogP contribution is 2.19. The Morgan fingerprint density at radius 1 is 1.06 bits per heavy atom. The lowest BCUT2D eigenvalue weighted by molar-refractivity contribution is 1.09. The van der Waals surface area contributed by atoms with Crippen LogP contribution in [-0.4, -0.2) is 6.54 Å². The van der Waals surface area contributed by atoms with Gasteiger partial charge in [-0.05, 0) is 18.1 Å². The molecule has 2 rings (SSSR count). The van der Waals surface area contributed by atoms with Gasteiger partial charge in [0.25, 0.3) is 0 Å². The van der Waals surface area contributed by atoms with Crippen molar-refractivity contribution >= 4 is 5.69 Å². The molecule has 1 heterocycles. The molecule has 0 fully saturated rings. The van der Waals surface area contributed by atoms with Gasteiger partial charge in [0, 0.05) is 13.7 Å². The lowest BCUT2D eigenvalue weighted by atomic mass is 10.2. The second-order valence-corrected chi connectivity index (χ2v) is 3.04. The molecular formula is C15H31N. The van der Waals surface area contributed by atoms with E-state index < -0.39 is 0 Å². The van der Waals surface area contributed by atoms with Crippen molar-refractivity contribution in [3.8, 4) is 0 Å². The summed E-state index contributed by atoms with van der Waals surface area (Å²) in [6.45, 7) is 13.4. The fraction of sp³-hybridized carbons (Fsp3) is 0.600. The van der Waals surface area contributed by atoms with Crippen LogP contribution in [0.2, 0.25) is 0 Å². The van der Waals surface area contributed by atoms with Crippen molar-refractivity contribution in [2.45, 2.75) is 54.4 Å². The van der Waals surface area contributed by atoms with Crippen LogP contribution in [-0.2, 0) is 6.42 Å². The summed E-state index contributed by atoms with van der Waals surface area (Å²) in [5, 5.41) is 3.30. The Morgan fingerprint density at radius 3 is 2.06 bits per heavy atom. The summed E-state index contributed by atoms with van der Waals surface area (Å²) in [5.74, 6) is 0. The first-order chi connectivity index (χ1) is 7.88. The molecule has 0 amide bonds. The summed E-state index contributed by atoms with van der Waals surface area (Å²) >= 11 is 0. The Morgan fingerprint density at radius 2 is 1.56 bits per heavy atom. The number of fused-ring (bicyclic) bond motifs is 1. The molecule has 1 heteroatoms. The third kappa shape index (κ3) is 7.33.